The summed E-state index contributed by atoms with van der Waals surface area (Å²) >= 11 is 0. The molecule has 1 atom stereocenters. The van der Waals surface area contributed by atoms with E-state index in [1.807, 2.05) is 12.1 Å². The van der Waals surface area contributed by atoms with Gasteiger partial charge in [0.15, 0.2) is 0 Å². The molecule has 26 heavy (non-hydrogen) atoms. The number of anilines is 1. The van der Waals surface area contributed by atoms with Gasteiger partial charge in [-0.2, -0.15) is 0 Å². The molecule has 1 nitrogen and oxygen atoms in total. The van der Waals surface area contributed by atoms with E-state index in [0.29, 0.717) is 12.0 Å². The van der Waals surface area contributed by atoms with Gasteiger partial charge in [0.2, 0.25) is 0 Å². The van der Waals surface area contributed by atoms with Crippen LogP contribution in [-0.2, 0) is 0 Å². The van der Waals surface area contributed by atoms with Crippen LogP contribution in [0.15, 0.2) is 66.3 Å². The number of benzene rings is 2. The number of rotatable bonds is 3. The lowest BCUT2D eigenvalue weighted by atomic mass is 9.82. The van der Waals surface area contributed by atoms with E-state index in [-0.39, 0.29) is 11.2 Å². The minimum Gasteiger partial charge on any atom is -0.377 e. The number of hydrogen-bond donors (Lipinski definition) is 1. The van der Waals surface area contributed by atoms with Gasteiger partial charge >= 0.3 is 0 Å². The van der Waals surface area contributed by atoms with E-state index in [1.54, 1.807) is 12.1 Å². The first-order chi connectivity index (χ1) is 12.4. The van der Waals surface area contributed by atoms with Crippen molar-refractivity contribution in [3.05, 3.63) is 83.2 Å². The van der Waals surface area contributed by atoms with Crippen molar-refractivity contribution >= 4 is 11.3 Å². The summed E-state index contributed by atoms with van der Waals surface area (Å²) in [5.74, 6) is 0.487. The van der Waals surface area contributed by atoms with Crippen LogP contribution in [0.3, 0.4) is 0 Å². The molecule has 1 N–H and O–H groups in total. The predicted molar refractivity (Wildman–Crippen MR) is 108 cm³/mol. The van der Waals surface area contributed by atoms with Gasteiger partial charge in [0.1, 0.15) is 5.82 Å². The van der Waals surface area contributed by atoms with Crippen molar-refractivity contribution in [3.8, 4) is 0 Å². The highest BCUT2D eigenvalue weighted by Gasteiger charge is 2.37. The second kappa shape index (κ2) is 6.42. The quantitative estimate of drug-likeness (QED) is 0.674. The topological polar surface area (TPSA) is 12.0 Å². The van der Waals surface area contributed by atoms with E-state index in [2.05, 4.69) is 62.5 Å². The Morgan fingerprint density at radius 2 is 1.69 bits per heavy atom. The zero-order valence-electron chi connectivity index (χ0n) is 15.7. The molecule has 0 spiro atoms. The van der Waals surface area contributed by atoms with Gasteiger partial charge in [-0.15, -0.1) is 0 Å². The summed E-state index contributed by atoms with van der Waals surface area (Å²) in [5, 5.41) is 3.77. The van der Waals surface area contributed by atoms with Crippen molar-refractivity contribution in [1.29, 1.82) is 0 Å². The third-order valence-corrected chi connectivity index (χ3v) is 5.12. The molecule has 4 rings (SSSR count). The third-order valence-electron chi connectivity index (χ3n) is 5.12. The average Bonchev–Trinajstić information content (AvgIpc) is 3.44. The van der Waals surface area contributed by atoms with Crippen molar-refractivity contribution in [1.82, 2.24) is 0 Å². The maximum absolute atomic E-state index is 13.5. The van der Waals surface area contributed by atoms with Crippen LogP contribution in [0.5, 0.6) is 0 Å². The molecule has 0 radical (unpaired) electrons. The number of fused-ring (bicyclic) bond motifs is 1. The molecule has 0 saturated heterocycles. The van der Waals surface area contributed by atoms with Crippen molar-refractivity contribution < 1.29 is 4.39 Å². The fraction of sp³-hybridized carbons (Fsp3) is 0.333. The standard InChI is InChI=1S/C24H26FN/c1-24(2,3)15-14-20-22(16-10-12-18(25)13-11-16)19-6-4-5-7-21(19)26-23(20)17-8-9-17/h4-7,10-15,17,23,26H,8-9H2,1-3H3/b15-14+. The molecule has 0 amide bonds. The molecule has 1 fully saturated rings. The molecule has 2 aliphatic rings. The van der Waals surface area contributed by atoms with Crippen LogP contribution in [-0.4, -0.2) is 6.04 Å². The Balaban J connectivity index is 1.94. The molecule has 1 aliphatic heterocycles. The largest absolute Gasteiger partial charge is 0.377 e. The maximum atomic E-state index is 13.5. The van der Waals surface area contributed by atoms with Crippen molar-refractivity contribution in [2.24, 2.45) is 11.3 Å². The fourth-order valence-electron chi connectivity index (χ4n) is 3.65. The lowest BCUT2D eigenvalue weighted by Crippen LogP contribution is -2.29. The van der Waals surface area contributed by atoms with Crippen LogP contribution in [0.2, 0.25) is 0 Å². The minimum atomic E-state index is -0.193. The molecular formula is C24H26FN. The lowest BCUT2D eigenvalue weighted by molar-refractivity contribution is 0.543. The normalized spacial score (nSPS) is 20.2. The van der Waals surface area contributed by atoms with Crippen LogP contribution in [0.1, 0.15) is 44.7 Å². The van der Waals surface area contributed by atoms with Crippen LogP contribution in [0, 0.1) is 17.2 Å². The van der Waals surface area contributed by atoms with Gasteiger partial charge in [0, 0.05) is 11.3 Å². The number of para-hydroxylation sites is 1. The smallest absolute Gasteiger partial charge is 0.123 e. The first kappa shape index (κ1) is 17.1. The highest BCUT2D eigenvalue weighted by molar-refractivity contribution is 5.92. The molecule has 2 aromatic rings. The Labute approximate surface area is 155 Å². The summed E-state index contributed by atoms with van der Waals surface area (Å²) in [4.78, 5) is 0. The Hall–Kier alpha value is -2.35. The van der Waals surface area contributed by atoms with Gasteiger partial charge in [0.05, 0.1) is 6.04 Å². The number of nitrogens with one attached hydrogen (secondary N) is 1. The first-order valence-corrected chi connectivity index (χ1v) is 9.48. The van der Waals surface area contributed by atoms with Gasteiger partial charge in [-0.05, 0) is 59.1 Å². The summed E-state index contributed by atoms with van der Waals surface area (Å²) in [5.41, 5.74) is 6.14. The van der Waals surface area contributed by atoms with E-state index in [0.717, 1.165) is 5.56 Å². The molecule has 0 aromatic heterocycles. The maximum Gasteiger partial charge on any atom is 0.123 e. The second-order valence-corrected chi connectivity index (χ2v) is 8.54. The summed E-state index contributed by atoms with van der Waals surface area (Å²) in [6, 6.07) is 15.7. The monoisotopic (exact) mass is 347 g/mol. The van der Waals surface area contributed by atoms with Gasteiger partial charge < -0.3 is 5.32 Å². The van der Waals surface area contributed by atoms with Gasteiger partial charge in [-0.1, -0.05) is 63.3 Å². The van der Waals surface area contributed by atoms with Crippen molar-refractivity contribution in [3.63, 3.8) is 0 Å². The van der Waals surface area contributed by atoms with Crippen LogP contribution in [0.4, 0.5) is 10.1 Å². The minimum absolute atomic E-state index is 0.117. The van der Waals surface area contributed by atoms with E-state index in [1.165, 1.54) is 35.2 Å². The molecule has 134 valence electrons. The van der Waals surface area contributed by atoms with E-state index >= 15 is 0 Å². The Morgan fingerprint density at radius 1 is 1.00 bits per heavy atom. The van der Waals surface area contributed by atoms with Crippen molar-refractivity contribution in [2.75, 3.05) is 5.32 Å². The fourth-order valence-corrected chi connectivity index (χ4v) is 3.65. The molecular weight excluding hydrogens is 321 g/mol. The summed E-state index contributed by atoms with van der Waals surface area (Å²) in [6.07, 6.45) is 7.12. The highest BCUT2D eigenvalue weighted by Crippen LogP contribution is 2.46. The van der Waals surface area contributed by atoms with E-state index < -0.39 is 0 Å². The summed E-state index contributed by atoms with van der Waals surface area (Å²) in [7, 11) is 0. The molecule has 2 heteroatoms. The van der Waals surface area contributed by atoms with E-state index in [9.17, 15) is 4.39 Å². The lowest BCUT2D eigenvalue weighted by Gasteiger charge is -2.32. The van der Waals surface area contributed by atoms with Crippen LogP contribution in [0.25, 0.3) is 5.57 Å². The Morgan fingerprint density at radius 3 is 2.35 bits per heavy atom. The molecule has 1 saturated carbocycles. The second-order valence-electron chi connectivity index (χ2n) is 8.54. The van der Waals surface area contributed by atoms with E-state index in [4.69, 9.17) is 0 Å². The molecule has 1 heterocycles. The Kier molecular flexibility index (Phi) is 4.22. The summed E-state index contributed by atoms with van der Waals surface area (Å²) < 4.78 is 13.5. The Bertz CT molecular complexity index is 864. The van der Waals surface area contributed by atoms with Gasteiger partial charge in [-0.3, -0.25) is 0 Å². The SMILES string of the molecule is CC(C)(C)/C=C/C1=C(c2ccc(F)cc2)c2ccccc2NC1C1CC1. The molecule has 0 bridgehead atoms. The number of halogens is 1. The third kappa shape index (κ3) is 3.46. The van der Waals surface area contributed by atoms with Crippen molar-refractivity contribution in [2.45, 2.75) is 39.7 Å². The number of hydrogen-bond acceptors (Lipinski definition) is 1. The van der Waals surface area contributed by atoms with Crippen LogP contribution < -0.4 is 5.32 Å². The first-order valence-electron chi connectivity index (χ1n) is 9.48. The summed E-state index contributed by atoms with van der Waals surface area (Å²) in [6.45, 7) is 6.66. The molecule has 1 unspecified atom stereocenters. The highest BCUT2D eigenvalue weighted by atomic mass is 19.1. The predicted octanol–water partition coefficient (Wildman–Crippen LogP) is 6.43. The zero-order valence-corrected chi connectivity index (χ0v) is 15.7. The van der Waals surface area contributed by atoms with Gasteiger partial charge in [0.25, 0.3) is 0 Å². The number of allylic oxidation sites excluding steroid dienone is 1. The molecule has 2 aromatic carbocycles. The van der Waals surface area contributed by atoms with Crippen LogP contribution >= 0.6 is 0 Å². The average molecular weight is 347 g/mol. The zero-order chi connectivity index (χ0) is 18.3. The molecule has 1 aliphatic carbocycles. The van der Waals surface area contributed by atoms with Gasteiger partial charge in [-0.25, -0.2) is 4.39 Å².